The molecule has 3 rings (SSSR count). The molecule has 2 aromatic carbocycles. The Kier molecular flexibility index (Phi) is 5.33. The summed E-state index contributed by atoms with van der Waals surface area (Å²) in [5, 5.41) is 12.5. The molecule has 2 nitrogen and oxygen atoms in total. The van der Waals surface area contributed by atoms with Crippen molar-refractivity contribution in [3.63, 3.8) is 0 Å². The van der Waals surface area contributed by atoms with Gasteiger partial charge in [0, 0.05) is 17.5 Å². The van der Waals surface area contributed by atoms with Crippen molar-refractivity contribution in [2.45, 2.75) is 31.4 Å². The first-order chi connectivity index (χ1) is 11.9. The van der Waals surface area contributed by atoms with Crippen molar-refractivity contribution < 1.29 is 5.11 Å². The van der Waals surface area contributed by atoms with Crippen LogP contribution in [-0.4, -0.2) is 35.7 Å². The van der Waals surface area contributed by atoms with Crippen LogP contribution in [0.2, 0.25) is 5.02 Å². The van der Waals surface area contributed by atoms with E-state index in [2.05, 4.69) is 30.0 Å². The Labute approximate surface area is 155 Å². The molecule has 1 aliphatic carbocycles. The van der Waals surface area contributed by atoms with Crippen molar-refractivity contribution in [3.05, 3.63) is 76.3 Å². The van der Waals surface area contributed by atoms with E-state index in [9.17, 15) is 5.11 Å². The number of benzene rings is 2. The van der Waals surface area contributed by atoms with Crippen LogP contribution in [0.3, 0.4) is 0 Å². The van der Waals surface area contributed by atoms with E-state index >= 15 is 0 Å². The average Bonchev–Trinajstić information content (AvgIpc) is 2.81. The Hall–Kier alpha value is -1.61. The standard InChI is InChI=1S/C22H26ClNO/c1-16-12-21(24(2)3)22(25,15-18-10-7-11-19(23)13-18)20(16)14-17-8-5-4-6-9-17/h4-11,13-14,16,21,25H,12,15H2,1-3H3. The van der Waals surface area contributed by atoms with Crippen molar-refractivity contribution in [1.82, 2.24) is 4.90 Å². The van der Waals surface area contributed by atoms with Crippen molar-refractivity contribution >= 4 is 17.7 Å². The Morgan fingerprint density at radius 3 is 2.52 bits per heavy atom. The minimum atomic E-state index is -0.899. The number of rotatable bonds is 4. The highest BCUT2D eigenvalue weighted by Crippen LogP contribution is 2.45. The molecule has 3 heteroatoms. The van der Waals surface area contributed by atoms with Crippen LogP contribution in [0.4, 0.5) is 0 Å². The summed E-state index contributed by atoms with van der Waals surface area (Å²) in [4.78, 5) is 2.15. The van der Waals surface area contributed by atoms with Crippen LogP contribution in [0.15, 0.2) is 60.2 Å². The number of nitrogens with zero attached hydrogens (tertiary/aromatic N) is 1. The van der Waals surface area contributed by atoms with Gasteiger partial charge in [0.1, 0.15) is 5.60 Å². The number of aliphatic hydroxyl groups is 1. The van der Waals surface area contributed by atoms with E-state index in [1.807, 2.05) is 56.6 Å². The highest BCUT2D eigenvalue weighted by Gasteiger charge is 2.49. The molecular formula is C22H26ClNO. The molecule has 0 saturated heterocycles. The predicted octanol–water partition coefficient (Wildman–Crippen LogP) is 4.67. The first kappa shape index (κ1) is 18.2. The molecule has 0 heterocycles. The molecule has 1 N–H and O–H groups in total. The van der Waals surface area contributed by atoms with Gasteiger partial charge in [0.15, 0.2) is 0 Å². The minimum Gasteiger partial charge on any atom is -0.383 e. The van der Waals surface area contributed by atoms with Gasteiger partial charge in [-0.25, -0.2) is 0 Å². The Morgan fingerprint density at radius 2 is 1.88 bits per heavy atom. The first-order valence-electron chi connectivity index (χ1n) is 8.80. The summed E-state index contributed by atoms with van der Waals surface area (Å²) >= 11 is 6.16. The molecule has 0 radical (unpaired) electrons. The largest absolute Gasteiger partial charge is 0.383 e. The van der Waals surface area contributed by atoms with Crippen molar-refractivity contribution in [1.29, 1.82) is 0 Å². The van der Waals surface area contributed by atoms with Crippen molar-refractivity contribution in [2.75, 3.05) is 14.1 Å². The molecule has 0 aromatic heterocycles. The van der Waals surface area contributed by atoms with Crippen LogP contribution < -0.4 is 0 Å². The van der Waals surface area contributed by atoms with Crippen LogP contribution in [-0.2, 0) is 6.42 Å². The molecule has 2 aromatic rings. The SMILES string of the molecule is CC1CC(N(C)C)C(O)(Cc2cccc(Cl)c2)C1=Cc1ccccc1. The second kappa shape index (κ2) is 7.33. The fourth-order valence-corrected chi connectivity index (χ4v) is 4.30. The normalized spacial score (nSPS) is 28.0. The van der Waals surface area contributed by atoms with Gasteiger partial charge in [0.05, 0.1) is 0 Å². The second-order valence-corrected chi connectivity index (χ2v) is 7.79. The predicted molar refractivity (Wildman–Crippen MR) is 106 cm³/mol. The second-order valence-electron chi connectivity index (χ2n) is 7.36. The van der Waals surface area contributed by atoms with Gasteiger partial charge in [-0.2, -0.15) is 0 Å². The lowest BCUT2D eigenvalue weighted by molar-refractivity contribution is 0.0169. The number of likely N-dealkylation sites (N-methyl/N-ethyl adjacent to an activating group) is 1. The van der Waals surface area contributed by atoms with Crippen LogP contribution in [0.1, 0.15) is 24.5 Å². The van der Waals surface area contributed by atoms with Gasteiger partial charge in [0.2, 0.25) is 0 Å². The third kappa shape index (κ3) is 3.82. The molecule has 1 fully saturated rings. The van der Waals surface area contributed by atoms with Gasteiger partial charge in [-0.3, -0.25) is 0 Å². The van der Waals surface area contributed by atoms with Gasteiger partial charge in [-0.15, -0.1) is 0 Å². The van der Waals surface area contributed by atoms with Crippen LogP contribution in [0.25, 0.3) is 6.08 Å². The minimum absolute atomic E-state index is 0.0800. The summed E-state index contributed by atoms with van der Waals surface area (Å²) in [5.74, 6) is 0.330. The summed E-state index contributed by atoms with van der Waals surface area (Å²) in [6, 6.07) is 18.1. The maximum Gasteiger partial charge on any atom is 0.106 e. The van der Waals surface area contributed by atoms with E-state index in [0.29, 0.717) is 17.4 Å². The third-order valence-corrected chi connectivity index (χ3v) is 5.50. The lowest BCUT2D eigenvalue weighted by Gasteiger charge is -2.36. The summed E-state index contributed by atoms with van der Waals surface area (Å²) in [6.07, 6.45) is 3.68. The number of hydrogen-bond acceptors (Lipinski definition) is 2. The van der Waals surface area contributed by atoms with Crippen LogP contribution in [0.5, 0.6) is 0 Å². The Morgan fingerprint density at radius 1 is 1.16 bits per heavy atom. The van der Waals surface area contributed by atoms with E-state index in [1.165, 1.54) is 0 Å². The monoisotopic (exact) mass is 355 g/mol. The first-order valence-corrected chi connectivity index (χ1v) is 9.18. The number of halogens is 1. The zero-order valence-corrected chi connectivity index (χ0v) is 15.9. The van der Waals surface area contributed by atoms with Gasteiger partial charge >= 0.3 is 0 Å². The topological polar surface area (TPSA) is 23.5 Å². The summed E-state index contributed by atoms with van der Waals surface area (Å²) in [7, 11) is 4.09. The maximum atomic E-state index is 11.8. The molecule has 3 unspecified atom stereocenters. The molecule has 25 heavy (non-hydrogen) atoms. The molecule has 3 atom stereocenters. The molecule has 1 aliphatic rings. The highest BCUT2D eigenvalue weighted by molar-refractivity contribution is 6.30. The van der Waals surface area contributed by atoms with Crippen LogP contribution in [0, 0.1) is 5.92 Å². The molecule has 0 spiro atoms. The average molecular weight is 356 g/mol. The quantitative estimate of drug-likeness (QED) is 0.861. The van der Waals surface area contributed by atoms with Gasteiger partial charge in [-0.05, 0) is 55.3 Å². The van der Waals surface area contributed by atoms with Gasteiger partial charge < -0.3 is 10.0 Å². The maximum absolute atomic E-state index is 11.8. The molecular weight excluding hydrogens is 330 g/mol. The van der Waals surface area contributed by atoms with Gasteiger partial charge in [0.25, 0.3) is 0 Å². The molecule has 0 aliphatic heterocycles. The molecule has 0 bridgehead atoms. The highest BCUT2D eigenvalue weighted by atomic mass is 35.5. The zero-order chi connectivity index (χ0) is 18.0. The van der Waals surface area contributed by atoms with Crippen molar-refractivity contribution in [3.8, 4) is 0 Å². The summed E-state index contributed by atoms with van der Waals surface area (Å²) in [6.45, 7) is 2.21. The van der Waals surface area contributed by atoms with E-state index < -0.39 is 5.60 Å². The van der Waals surface area contributed by atoms with E-state index in [-0.39, 0.29) is 6.04 Å². The Balaban J connectivity index is 2.03. The van der Waals surface area contributed by atoms with E-state index in [4.69, 9.17) is 11.6 Å². The van der Waals surface area contributed by atoms with E-state index in [0.717, 1.165) is 23.1 Å². The van der Waals surface area contributed by atoms with Crippen LogP contribution >= 0.6 is 11.6 Å². The van der Waals surface area contributed by atoms with Gasteiger partial charge in [-0.1, -0.05) is 67.1 Å². The molecule has 0 amide bonds. The lowest BCUT2D eigenvalue weighted by Crippen LogP contribution is -2.48. The fourth-order valence-electron chi connectivity index (χ4n) is 4.09. The van der Waals surface area contributed by atoms with E-state index in [1.54, 1.807) is 0 Å². The summed E-state index contributed by atoms with van der Waals surface area (Å²) < 4.78 is 0. The van der Waals surface area contributed by atoms with Crippen molar-refractivity contribution in [2.24, 2.45) is 5.92 Å². The Bertz CT molecular complexity index is 756. The lowest BCUT2D eigenvalue weighted by atomic mass is 9.83. The fraction of sp³-hybridized carbons (Fsp3) is 0.364. The summed E-state index contributed by atoms with van der Waals surface area (Å²) in [5.41, 5.74) is 2.41. The third-order valence-electron chi connectivity index (χ3n) is 5.27. The smallest absolute Gasteiger partial charge is 0.106 e. The molecule has 1 saturated carbocycles. The zero-order valence-electron chi connectivity index (χ0n) is 15.1. The number of hydrogen-bond donors (Lipinski definition) is 1. The molecule has 132 valence electrons.